The van der Waals surface area contributed by atoms with Gasteiger partial charge >= 0.3 is 0 Å². The molecule has 1 unspecified atom stereocenters. The van der Waals surface area contributed by atoms with Crippen molar-refractivity contribution in [2.24, 2.45) is 0 Å². The van der Waals surface area contributed by atoms with Crippen molar-refractivity contribution in [3.8, 4) is 5.75 Å². The van der Waals surface area contributed by atoms with Crippen molar-refractivity contribution in [2.75, 3.05) is 4.90 Å². The van der Waals surface area contributed by atoms with Gasteiger partial charge < -0.3 is 5.11 Å². The van der Waals surface area contributed by atoms with Gasteiger partial charge in [0.2, 0.25) is 5.91 Å². The predicted molar refractivity (Wildman–Crippen MR) is 107 cm³/mol. The number of allylic oxidation sites excluding steroid dienone is 2. The first kappa shape index (κ1) is 19.1. The number of carbonyl (C=O) groups excluding carboxylic acids is 2. The predicted octanol–water partition coefficient (Wildman–Crippen LogP) is 4.48. The van der Waals surface area contributed by atoms with E-state index in [4.69, 9.17) is 11.6 Å². The summed E-state index contributed by atoms with van der Waals surface area (Å²) in [6, 6.07) is 10.5. The van der Waals surface area contributed by atoms with Crippen LogP contribution in [0.4, 0.5) is 11.4 Å². The molecule has 1 aliphatic heterocycles. The Labute approximate surface area is 171 Å². The van der Waals surface area contributed by atoms with E-state index in [-0.39, 0.29) is 40.3 Å². The van der Waals surface area contributed by atoms with Crippen LogP contribution >= 0.6 is 11.6 Å². The monoisotopic (exact) mass is 412 g/mol. The van der Waals surface area contributed by atoms with Crippen LogP contribution in [-0.4, -0.2) is 21.7 Å². The number of benzene rings is 2. The molecule has 148 valence electrons. The number of halogens is 1. The van der Waals surface area contributed by atoms with Crippen LogP contribution in [0.25, 0.3) is 0 Å². The van der Waals surface area contributed by atoms with E-state index in [1.54, 1.807) is 12.1 Å². The molecule has 2 aromatic carbocycles. The maximum atomic E-state index is 13.2. The van der Waals surface area contributed by atoms with Crippen molar-refractivity contribution in [1.82, 2.24) is 0 Å². The maximum absolute atomic E-state index is 13.2. The van der Waals surface area contributed by atoms with Gasteiger partial charge in [0.1, 0.15) is 11.4 Å². The van der Waals surface area contributed by atoms with E-state index in [1.807, 2.05) is 0 Å². The van der Waals surface area contributed by atoms with Gasteiger partial charge in [-0.1, -0.05) is 23.7 Å². The van der Waals surface area contributed by atoms with Crippen LogP contribution in [0, 0.1) is 10.1 Å². The molecular weight excluding hydrogens is 396 g/mol. The highest BCUT2D eigenvalue weighted by Gasteiger charge is 2.41. The summed E-state index contributed by atoms with van der Waals surface area (Å²) in [4.78, 5) is 38.3. The summed E-state index contributed by atoms with van der Waals surface area (Å²) in [7, 11) is 0. The fraction of sp³-hybridized carbons (Fsp3) is 0.238. The lowest BCUT2D eigenvalue weighted by molar-refractivity contribution is -0.384. The van der Waals surface area contributed by atoms with Gasteiger partial charge in [-0.3, -0.25) is 24.6 Å². The van der Waals surface area contributed by atoms with E-state index in [2.05, 4.69) is 0 Å². The first-order chi connectivity index (χ1) is 13.9. The number of rotatable bonds is 3. The number of Topliss-reactive ketones (excluding diaryl/α,β-unsaturated/α-hetero) is 1. The molecule has 7 nitrogen and oxygen atoms in total. The molecule has 8 heteroatoms. The van der Waals surface area contributed by atoms with E-state index < -0.39 is 10.8 Å². The Kier molecular flexibility index (Phi) is 4.84. The van der Waals surface area contributed by atoms with Crippen molar-refractivity contribution in [3.63, 3.8) is 0 Å². The molecule has 0 fully saturated rings. The molecule has 29 heavy (non-hydrogen) atoms. The minimum Gasteiger partial charge on any atom is -0.508 e. The molecule has 1 heterocycles. The van der Waals surface area contributed by atoms with Gasteiger partial charge in [0, 0.05) is 41.1 Å². The molecule has 0 saturated carbocycles. The SMILES string of the molecule is O=C1CCCC2=C1C(c1ccc(O)cc1)CC(=O)N2c1cc(Cl)ccc1[N+](=O)[O-]. The van der Waals surface area contributed by atoms with Crippen LogP contribution < -0.4 is 4.90 Å². The Morgan fingerprint density at radius 1 is 1.10 bits per heavy atom. The lowest BCUT2D eigenvalue weighted by Crippen LogP contribution is -2.40. The van der Waals surface area contributed by atoms with Crippen LogP contribution in [0.1, 0.15) is 37.2 Å². The number of nitro groups is 1. The number of hydrogen-bond acceptors (Lipinski definition) is 5. The summed E-state index contributed by atoms with van der Waals surface area (Å²) in [5.74, 6) is -0.745. The summed E-state index contributed by atoms with van der Waals surface area (Å²) >= 11 is 6.06. The highest BCUT2D eigenvalue weighted by Crippen LogP contribution is 2.45. The molecular formula is C21H17ClN2O5. The maximum Gasteiger partial charge on any atom is 0.293 e. The first-order valence-corrected chi connectivity index (χ1v) is 9.56. The average molecular weight is 413 g/mol. The largest absolute Gasteiger partial charge is 0.508 e. The van der Waals surface area contributed by atoms with Crippen LogP contribution in [-0.2, 0) is 9.59 Å². The van der Waals surface area contributed by atoms with Crippen molar-refractivity contribution in [3.05, 3.63) is 74.4 Å². The fourth-order valence-electron chi connectivity index (χ4n) is 4.09. The van der Waals surface area contributed by atoms with Crippen molar-refractivity contribution < 1.29 is 19.6 Å². The zero-order valence-corrected chi connectivity index (χ0v) is 16.1. The number of nitrogens with zero attached hydrogens (tertiary/aromatic N) is 2. The Balaban J connectivity index is 1.91. The number of anilines is 1. The van der Waals surface area contributed by atoms with Gasteiger partial charge in [0.15, 0.2) is 5.78 Å². The second kappa shape index (κ2) is 7.33. The molecule has 1 aliphatic carbocycles. The third-order valence-corrected chi connectivity index (χ3v) is 5.58. The number of nitro benzene ring substituents is 1. The summed E-state index contributed by atoms with van der Waals surface area (Å²) in [6.07, 6.45) is 1.40. The summed E-state index contributed by atoms with van der Waals surface area (Å²) in [6.45, 7) is 0. The van der Waals surface area contributed by atoms with Crippen LogP contribution in [0.2, 0.25) is 5.02 Å². The smallest absolute Gasteiger partial charge is 0.293 e. The molecule has 0 radical (unpaired) electrons. The zero-order valence-electron chi connectivity index (χ0n) is 15.3. The highest BCUT2D eigenvalue weighted by atomic mass is 35.5. The lowest BCUT2D eigenvalue weighted by atomic mass is 9.77. The van der Waals surface area contributed by atoms with Gasteiger partial charge in [-0.2, -0.15) is 0 Å². The van der Waals surface area contributed by atoms with E-state index in [1.165, 1.54) is 35.2 Å². The molecule has 1 atom stereocenters. The minimum absolute atomic E-state index is 0.000976. The Hall–Kier alpha value is -3.19. The molecule has 2 aliphatic rings. The number of amides is 1. The molecule has 1 N–H and O–H groups in total. The molecule has 0 bridgehead atoms. The molecule has 4 rings (SSSR count). The standard InChI is InChI=1S/C21H17ClN2O5/c22-13-6-9-16(24(28)29)18(10-13)23-17-2-1-3-19(26)21(17)15(11-20(23)27)12-4-7-14(25)8-5-12/h4-10,15,25H,1-3,11H2. The second-order valence-corrected chi connectivity index (χ2v) is 7.54. The van der Waals surface area contributed by atoms with E-state index >= 15 is 0 Å². The van der Waals surface area contributed by atoms with Gasteiger partial charge in [-0.25, -0.2) is 0 Å². The van der Waals surface area contributed by atoms with Gasteiger partial charge in [-0.05, 0) is 42.7 Å². The Morgan fingerprint density at radius 2 is 1.83 bits per heavy atom. The molecule has 1 amide bonds. The van der Waals surface area contributed by atoms with Gasteiger partial charge in [0.25, 0.3) is 5.69 Å². The molecule has 2 aromatic rings. The number of ketones is 1. The molecule has 0 aromatic heterocycles. The topological polar surface area (TPSA) is 101 Å². The zero-order chi connectivity index (χ0) is 20.7. The van der Waals surface area contributed by atoms with Gasteiger partial charge in [0.05, 0.1) is 4.92 Å². The summed E-state index contributed by atoms with van der Waals surface area (Å²) in [5.41, 5.74) is 1.60. The third-order valence-electron chi connectivity index (χ3n) is 5.35. The fourth-order valence-corrected chi connectivity index (χ4v) is 4.26. The van der Waals surface area contributed by atoms with E-state index in [0.29, 0.717) is 30.5 Å². The average Bonchev–Trinajstić information content (AvgIpc) is 2.68. The van der Waals surface area contributed by atoms with Crippen LogP contribution in [0.5, 0.6) is 5.75 Å². The third kappa shape index (κ3) is 3.38. The van der Waals surface area contributed by atoms with E-state index in [0.717, 1.165) is 5.56 Å². The van der Waals surface area contributed by atoms with E-state index in [9.17, 15) is 24.8 Å². The molecule has 0 spiro atoms. The van der Waals surface area contributed by atoms with Crippen LogP contribution in [0.3, 0.4) is 0 Å². The van der Waals surface area contributed by atoms with Crippen molar-refractivity contribution in [2.45, 2.75) is 31.6 Å². The van der Waals surface area contributed by atoms with Gasteiger partial charge in [-0.15, -0.1) is 0 Å². The van der Waals surface area contributed by atoms with Crippen LogP contribution in [0.15, 0.2) is 53.7 Å². The number of hydrogen-bond donors (Lipinski definition) is 1. The summed E-state index contributed by atoms with van der Waals surface area (Å²) < 4.78 is 0. The molecule has 0 saturated heterocycles. The normalized spacial score (nSPS) is 19.3. The summed E-state index contributed by atoms with van der Waals surface area (Å²) in [5, 5.41) is 21.4. The van der Waals surface area contributed by atoms with Crippen molar-refractivity contribution >= 4 is 34.7 Å². The number of aromatic hydroxyl groups is 1. The Morgan fingerprint density at radius 3 is 2.52 bits per heavy atom. The second-order valence-electron chi connectivity index (χ2n) is 7.10. The quantitative estimate of drug-likeness (QED) is 0.591. The Bertz CT molecular complexity index is 1060. The number of phenolic OH excluding ortho intramolecular Hbond substituents is 1. The van der Waals surface area contributed by atoms with Crippen molar-refractivity contribution in [1.29, 1.82) is 0 Å². The highest BCUT2D eigenvalue weighted by molar-refractivity contribution is 6.31. The number of carbonyl (C=O) groups is 2. The lowest BCUT2D eigenvalue weighted by Gasteiger charge is -2.38. The number of phenols is 1. The minimum atomic E-state index is -0.560. The first-order valence-electron chi connectivity index (χ1n) is 9.19.